The molecule has 1 saturated heterocycles. The van der Waals surface area contributed by atoms with E-state index >= 15 is 0 Å². The minimum absolute atomic E-state index is 0.124. The maximum atomic E-state index is 12.9. The van der Waals surface area contributed by atoms with E-state index in [0.717, 1.165) is 10.5 Å². The van der Waals surface area contributed by atoms with Crippen LogP contribution in [-0.2, 0) is 14.4 Å². The first-order valence-electron chi connectivity index (χ1n) is 7.90. The van der Waals surface area contributed by atoms with Crippen molar-refractivity contribution in [3.8, 4) is 0 Å². The molecule has 2 atom stereocenters. The molecular weight excluding hydrogens is 338 g/mol. The number of carbonyl (C=O) groups excluding carboxylic acids is 2. The molecule has 26 heavy (non-hydrogen) atoms. The third-order valence-corrected chi connectivity index (χ3v) is 4.46. The van der Waals surface area contributed by atoms with Crippen molar-refractivity contribution in [2.24, 2.45) is 11.1 Å². The van der Waals surface area contributed by atoms with Crippen molar-refractivity contribution in [1.82, 2.24) is 0 Å². The maximum absolute atomic E-state index is 12.9. The largest absolute Gasteiger partial charge is 0.381 e. The van der Waals surface area contributed by atoms with Gasteiger partial charge in [0.2, 0.25) is 12.0 Å². The van der Waals surface area contributed by atoms with Gasteiger partial charge < -0.3 is 4.84 Å². The molecule has 4 rings (SSSR count). The van der Waals surface area contributed by atoms with Gasteiger partial charge >= 0.3 is 0 Å². The number of imide groups is 1. The molecule has 0 spiro atoms. The highest BCUT2D eigenvalue weighted by molar-refractivity contribution is 6.32. The molecule has 0 radical (unpaired) electrons. The number of anilines is 1. The molecule has 8 nitrogen and oxygen atoms in total. The molecule has 1 fully saturated rings. The van der Waals surface area contributed by atoms with Gasteiger partial charge in [-0.25, -0.2) is 4.90 Å². The summed E-state index contributed by atoms with van der Waals surface area (Å²) in [7, 11) is 0. The highest BCUT2D eigenvalue weighted by Crippen LogP contribution is 2.35. The number of amides is 2. The number of hydrogen-bond acceptors (Lipinski definition) is 6. The second-order valence-electron chi connectivity index (χ2n) is 6.14. The summed E-state index contributed by atoms with van der Waals surface area (Å²) < 4.78 is 0. The van der Waals surface area contributed by atoms with Gasteiger partial charge in [0, 0.05) is 17.7 Å². The smallest absolute Gasteiger partial charge is 0.278 e. The Morgan fingerprint density at radius 1 is 1.12 bits per heavy atom. The third-order valence-electron chi connectivity index (χ3n) is 4.46. The number of nitro groups is 1. The zero-order chi connectivity index (χ0) is 18.4. The topological polar surface area (TPSA) is 102 Å². The number of rotatable bonds is 3. The van der Waals surface area contributed by atoms with Gasteiger partial charge in [-0.15, -0.1) is 0 Å². The molecule has 0 bridgehead atoms. The molecule has 0 aliphatic carbocycles. The van der Waals surface area contributed by atoms with Gasteiger partial charge in [0.15, 0.2) is 0 Å². The number of nitro benzene ring substituents is 1. The van der Waals surface area contributed by atoms with Crippen molar-refractivity contribution in [1.29, 1.82) is 0 Å². The Kier molecular flexibility index (Phi) is 3.54. The van der Waals surface area contributed by atoms with Gasteiger partial charge in [0.25, 0.3) is 11.6 Å². The Morgan fingerprint density at radius 2 is 1.85 bits per heavy atom. The number of hydrogen-bond donors (Lipinski definition) is 0. The number of benzene rings is 2. The molecule has 0 unspecified atom stereocenters. The summed E-state index contributed by atoms with van der Waals surface area (Å²) in [6.07, 6.45) is -1.04. The summed E-state index contributed by atoms with van der Waals surface area (Å²) in [5.41, 5.74) is 1.95. The quantitative estimate of drug-likeness (QED) is 0.479. The van der Waals surface area contributed by atoms with Crippen LogP contribution in [0.4, 0.5) is 11.4 Å². The van der Waals surface area contributed by atoms with Gasteiger partial charge in [-0.2, -0.15) is 0 Å². The van der Waals surface area contributed by atoms with E-state index in [4.69, 9.17) is 4.84 Å². The molecule has 2 amide bonds. The van der Waals surface area contributed by atoms with Crippen LogP contribution in [0.25, 0.3) is 0 Å². The summed E-state index contributed by atoms with van der Waals surface area (Å²) in [4.78, 5) is 42.3. The Labute approximate surface area is 147 Å². The third kappa shape index (κ3) is 2.34. The lowest BCUT2D eigenvalue weighted by molar-refractivity contribution is -0.384. The van der Waals surface area contributed by atoms with Crippen molar-refractivity contribution in [2.75, 3.05) is 4.90 Å². The van der Waals surface area contributed by atoms with E-state index < -0.39 is 28.8 Å². The second-order valence-corrected chi connectivity index (χ2v) is 6.14. The monoisotopic (exact) mass is 351 g/mol. The Balaban J connectivity index is 1.70. The predicted molar refractivity (Wildman–Crippen MR) is 91.7 cm³/mol. The molecule has 0 saturated carbocycles. The van der Waals surface area contributed by atoms with Crippen LogP contribution in [0.15, 0.2) is 53.7 Å². The minimum Gasteiger partial charge on any atom is -0.381 e. The van der Waals surface area contributed by atoms with Gasteiger partial charge in [0.1, 0.15) is 11.6 Å². The fourth-order valence-electron chi connectivity index (χ4n) is 3.14. The maximum Gasteiger partial charge on any atom is 0.278 e. The number of aryl methyl sites for hydroxylation is 1. The number of nitrogens with zero attached hydrogens (tertiary/aromatic N) is 3. The summed E-state index contributed by atoms with van der Waals surface area (Å²) in [5, 5.41) is 14.8. The minimum atomic E-state index is -1.04. The highest BCUT2D eigenvalue weighted by Gasteiger charge is 2.56. The second kappa shape index (κ2) is 5.76. The van der Waals surface area contributed by atoms with Crippen LogP contribution in [0.5, 0.6) is 0 Å². The normalized spacial score (nSPS) is 21.4. The Hall–Kier alpha value is -3.55. The fraction of sp³-hybridized carbons (Fsp3) is 0.167. The highest BCUT2D eigenvalue weighted by atomic mass is 16.7. The molecule has 2 aromatic rings. The number of carbonyl (C=O) groups is 2. The standard InChI is InChI=1S/C18H13N3O5/c1-10-5-7-12(8-6-10)20-17(22)14-15(19-26-16(14)18(20)23)11-3-2-4-13(9-11)21(24)25/h2-9,14,16H,1H3/t14-,16-/m0/s1. The molecule has 2 aliphatic rings. The summed E-state index contributed by atoms with van der Waals surface area (Å²) in [6.45, 7) is 1.91. The average molecular weight is 351 g/mol. The lowest BCUT2D eigenvalue weighted by atomic mass is 9.94. The van der Waals surface area contributed by atoms with Crippen molar-refractivity contribution >= 4 is 28.9 Å². The van der Waals surface area contributed by atoms with Gasteiger partial charge in [0.05, 0.1) is 10.6 Å². The van der Waals surface area contributed by atoms with Gasteiger partial charge in [-0.3, -0.25) is 19.7 Å². The van der Waals surface area contributed by atoms with Crippen LogP contribution in [0, 0.1) is 23.0 Å². The molecule has 8 heteroatoms. The molecular formula is C18H13N3O5. The molecule has 0 aromatic heterocycles. The van der Waals surface area contributed by atoms with E-state index in [2.05, 4.69) is 5.16 Å². The van der Waals surface area contributed by atoms with Crippen LogP contribution < -0.4 is 4.90 Å². The predicted octanol–water partition coefficient (Wildman–Crippen LogP) is 2.20. The van der Waals surface area contributed by atoms with Crippen LogP contribution in [0.1, 0.15) is 11.1 Å². The van der Waals surface area contributed by atoms with Gasteiger partial charge in [-0.05, 0) is 19.1 Å². The average Bonchev–Trinajstić information content (AvgIpc) is 3.17. The van der Waals surface area contributed by atoms with E-state index in [9.17, 15) is 19.7 Å². The zero-order valence-electron chi connectivity index (χ0n) is 13.7. The van der Waals surface area contributed by atoms with Crippen molar-refractivity contribution in [3.05, 3.63) is 69.8 Å². The first-order chi connectivity index (χ1) is 12.5. The first kappa shape index (κ1) is 15.9. The molecule has 130 valence electrons. The van der Waals surface area contributed by atoms with Crippen LogP contribution >= 0.6 is 0 Å². The molecule has 2 aromatic carbocycles. The molecule has 2 heterocycles. The fourth-order valence-corrected chi connectivity index (χ4v) is 3.14. The van der Waals surface area contributed by atoms with E-state index in [1.54, 1.807) is 30.3 Å². The SMILES string of the molecule is Cc1ccc(N2C(=O)[C@H]3C(c4cccc([N+](=O)[O-])c4)=NO[C@@H]3C2=O)cc1. The number of fused-ring (bicyclic) bond motifs is 1. The van der Waals surface area contributed by atoms with E-state index in [-0.39, 0.29) is 11.4 Å². The summed E-state index contributed by atoms with van der Waals surface area (Å²) in [6, 6.07) is 12.8. The van der Waals surface area contributed by atoms with E-state index in [1.165, 1.54) is 18.2 Å². The Bertz CT molecular complexity index is 967. The van der Waals surface area contributed by atoms with Crippen molar-refractivity contribution in [2.45, 2.75) is 13.0 Å². The van der Waals surface area contributed by atoms with Crippen LogP contribution in [-0.4, -0.2) is 28.6 Å². The van der Waals surface area contributed by atoms with E-state index in [1.807, 2.05) is 6.92 Å². The van der Waals surface area contributed by atoms with E-state index in [0.29, 0.717) is 11.3 Å². The van der Waals surface area contributed by atoms with Crippen LogP contribution in [0.2, 0.25) is 0 Å². The van der Waals surface area contributed by atoms with Crippen LogP contribution in [0.3, 0.4) is 0 Å². The zero-order valence-corrected chi connectivity index (χ0v) is 13.7. The number of oxime groups is 1. The first-order valence-corrected chi connectivity index (χ1v) is 7.90. The van der Waals surface area contributed by atoms with Crippen molar-refractivity contribution in [3.63, 3.8) is 0 Å². The van der Waals surface area contributed by atoms with Crippen molar-refractivity contribution < 1.29 is 19.3 Å². The summed E-state index contributed by atoms with van der Waals surface area (Å²) in [5.74, 6) is -1.86. The van der Waals surface area contributed by atoms with Gasteiger partial charge in [-0.1, -0.05) is 35.0 Å². The lowest BCUT2D eigenvalue weighted by Crippen LogP contribution is -2.33. The number of non-ortho nitro benzene ring substituents is 1. The lowest BCUT2D eigenvalue weighted by Gasteiger charge is -2.15. The molecule has 2 aliphatic heterocycles. The Morgan fingerprint density at radius 3 is 2.54 bits per heavy atom. The summed E-state index contributed by atoms with van der Waals surface area (Å²) >= 11 is 0. The molecule has 0 N–H and O–H groups in total.